The lowest BCUT2D eigenvalue weighted by atomic mass is 10.1. The van der Waals surface area contributed by atoms with E-state index in [2.05, 4.69) is 34.3 Å². The van der Waals surface area contributed by atoms with Crippen LogP contribution < -0.4 is 5.32 Å². The number of hydrogen-bond acceptors (Lipinski definition) is 4. The largest absolute Gasteiger partial charge is 0.350 e. The van der Waals surface area contributed by atoms with Gasteiger partial charge in [-0.15, -0.1) is 0 Å². The molecule has 0 radical (unpaired) electrons. The second-order valence-corrected chi connectivity index (χ2v) is 4.31. The van der Waals surface area contributed by atoms with Crippen LogP contribution in [0, 0.1) is 18.3 Å². The third-order valence-electron chi connectivity index (χ3n) is 2.91. The number of nitrogens with one attached hydrogen (secondary N) is 1. The summed E-state index contributed by atoms with van der Waals surface area (Å²) in [6.07, 6.45) is 0.996. The average Bonchev–Trinajstić information content (AvgIpc) is 2.44. The Morgan fingerprint density at radius 3 is 2.63 bits per heavy atom. The number of aromatic nitrogens is 2. The molecule has 0 aliphatic carbocycles. The van der Waals surface area contributed by atoms with Crippen LogP contribution in [0.15, 0.2) is 30.3 Å². The molecule has 0 spiro atoms. The molecule has 0 atom stereocenters. The molecule has 1 aromatic heterocycles. The Bertz CT molecular complexity index is 614. The minimum Gasteiger partial charge on any atom is -0.350 e. The molecule has 0 bridgehead atoms. The lowest BCUT2D eigenvalue weighted by Gasteiger charge is -2.09. The standard InChI is InChI=1S/C15H16N4/c1-3-12-6-4-5-7-13(12)10-17-15-18-11(2)8-14(9-16)19-15/h4-8H,3,10H2,1-2H3,(H,17,18,19). The van der Waals surface area contributed by atoms with Crippen molar-refractivity contribution >= 4 is 5.95 Å². The van der Waals surface area contributed by atoms with Crippen molar-refractivity contribution in [2.45, 2.75) is 26.8 Å². The Morgan fingerprint density at radius 2 is 1.95 bits per heavy atom. The van der Waals surface area contributed by atoms with Gasteiger partial charge in [0.05, 0.1) is 0 Å². The molecule has 0 aliphatic heterocycles. The highest BCUT2D eigenvalue weighted by Gasteiger charge is 2.03. The maximum absolute atomic E-state index is 8.89. The normalized spacial score (nSPS) is 9.95. The van der Waals surface area contributed by atoms with Crippen molar-refractivity contribution in [2.75, 3.05) is 5.32 Å². The van der Waals surface area contributed by atoms with E-state index in [4.69, 9.17) is 5.26 Å². The van der Waals surface area contributed by atoms with Crippen LogP contribution in [0.5, 0.6) is 0 Å². The van der Waals surface area contributed by atoms with Crippen molar-refractivity contribution < 1.29 is 0 Å². The molecule has 0 saturated heterocycles. The Hall–Kier alpha value is -2.41. The highest BCUT2D eigenvalue weighted by molar-refractivity contribution is 5.36. The fourth-order valence-electron chi connectivity index (χ4n) is 1.95. The van der Waals surface area contributed by atoms with Gasteiger partial charge in [0.25, 0.3) is 0 Å². The molecule has 0 amide bonds. The molecule has 0 aliphatic rings. The van der Waals surface area contributed by atoms with Crippen molar-refractivity contribution in [2.24, 2.45) is 0 Å². The van der Waals surface area contributed by atoms with Gasteiger partial charge in [-0.3, -0.25) is 0 Å². The summed E-state index contributed by atoms with van der Waals surface area (Å²) < 4.78 is 0. The zero-order chi connectivity index (χ0) is 13.7. The molecule has 19 heavy (non-hydrogen) atoms. The highest BCUT2D eigenvalue weighted by Crippen LogP contribution is 2.11. The number of hydrogen-bond donors (Lipinski definition) is 1. The summed E-state index contributed by atoms with van der Waals surface area (Å²) in [6.45, 7) is 4.65. The molecule has 2 rings (SSSR count). The molecular weight excluding hydrogens is 236 g/mol. The molecule has 2 aromatic rings. The first-order valence-electron chi connectivity index (χ1n) is 6.29. The Balaban J connectivity index is 2.15. The minimum absolute atomic E-state index is 0.388. The number of rotatable bonds is 4. The smallest absolute Gasteiger partial charge is 0.224 e. The molecule has 1 aromatic carbocycles. The summed E-state index contributed by atoms with van der Waals surface area (Å²) in [5, 5.41) is 12.1. The molecule has 1 N–H and O–H groups in total. The topological polar surface area (TPSA) is 61.6 Å². The molecular formula is C15H16N4. The Kier molecular flexibility index (Phi) is 4.09. The summed E-state index contributed by atoms with van der Waals surface area (Å²) in [4.78, 5) is 8.42. The van der Waals surface area contributed by atoms with Gasteiger partial charge >= 0.3 is 0 Å². The number of aryl methyl sites for hydroxylation is 2. The molecule has 0 fully saturated rings. The molecule has 0 saturated carbocycles. The van der Waals surface area contributed by atoms with E-state index in [-0.39, 0.29) is 0 Å². The van der Waals surface area contributed by atoms with Crippen LogP contribution in [0.1, 0.15) is 29.4 Å². The van der Waals surface area contributed by atoms with Crippen LogP contribution in [0.4, 0.5) is 5.95 Å². The number of nitriles is 1. The molecule has 0 unspecified atom stereocenters. The molecule has 4 nitrogen and oxygen atoms in total. The molecule has 1 heterocycles. The first-order valence-corrected chi connectivity index (χ1v) is 6.29. The van der Waals surface area contributed by atoms with Crippen LogP contribution in [0.3, 0.4) is 0 Å². The van der Waals surface area contributed by atoms with E-state index in [1.165, 1.54) is 11.1 Å². The second-order valence-electron chi connectivity index (χ2n) is 4.31. The van der Waals surface area contributed by atoms with E-state index in [1.54, 1.807) is 6.07 Å². The second kappa shape index (κ2) is 5.96. The fourth-order valence-corrected chi connectivity index (χ4v) is 1.95. The van der Waals surface area contributed by atoms with E-state index in [0.717, 1.165) is 12.1 Å². The SMILES string of the molecule is CCc1ccccc1CNc1nc(C)cc(C#N)n1. The van der Waals surface area contributed by atoms with Gasteiger partial charge in [0, 0.05) is 12.2 Å². The van der Waals surface area contributed by atoms with Gasteiger partial charge < -0.3 is 5.32 Å². The lowest BCUT2D eigenvalue weighted by Crippen LogP contribution is -2.07. The molecule has 4 heteroatoms. The Morgan fingerprint density at radius 1 is 1.21 bits per heavy atom. The van der Waals surface area contributed by atoms with E-state index in [9.17, 15) is 0 Å². The predicted octanol–water partition coefficient (Wildman–Crippen LogP) is 2.83. The van der Waals surface area contributed by atoms with E-state index >= 15 is 0 Å². The molecule has 96 valence electrons. The van der Waals surface area contributed by atoms with E-state index in [1.807, 2.05) is 25.1 Å². The summed E-state index contributed by atoms with van der Waals surface area (Å²) >= 11 is 0. The zero-order valence-corrected chi connectivity index (χ0v) is 11.1. The predicted molar refractivity (Wildman–Crippen MR) is 74.6 cm³/mol. The van der Waals surface area contributed by atoms with Gasteiger partial charge in [-0.2, -0.15) is 5.26 Å². The fraction of sp³-hybridized carbons (Fsp3) is 0.267. The minimum atomic E-state index is 0.388. The van der Waals surface area contributed by atoms with E-state index < -0.39 is 0 Å². The lowest BCUT2D eigenvalue weighted by molar-refractivity contribution is 0.992. The van der Waals surface area contributed by atoms with Crippen LogP contribution >= 0.6 is 0 Å². The summed E-state index contributed by atoms with van der Waals surface area (Å²) in [5.41, 5.74) is 3.72. The zero-order valence-electron chi connectivity index (χ0n) is 11.1. The first-order chi connectivity index (χ1) is 9.22. The van der Waals surface area contributed by atoms with Crippen LogP contribution in [0.2, 0.25) is 0 Å². The van der Waals surface area contributed by atoms with Crippen molar-refractivity contribution in [1.82, 2.24) is 9.97 Å². The van der Waals surface area contributed by atoms with Gasteiger partial charge in [-0.1, -0.05) is 31.2 Å². The van der Waals surface area contributed by atoms with Gasteiger partial charge in [-0.05, 0) is 30.5 Å². The average molecular weight is 252 g/mol. The summed E-state index contributed by atoms with van der Waals surface area (Å²) in [5.74, 6) is 0.502. The van der Waals surface area contributed by atoms with Crippen molar-refractivity contribution in [3.8, 4) is 6.07 Å². The first kappa shape index (κ1) is 13.0. The number of benzene rings is 1. The van der Waals surface area contributed by atoms with Crippen LogP contribution in [0.25, 0.3) is 0 Å². The van der Waals surface area contributed by atoms with Crippen molar-refractivity contribution in [3.05, 3.63) is 52.8 Å². The van der Waals surface area contributed by atoms with Crippen molar-refractivity contribution in [1.29, 1.82) is 5.26 Å². The number of anilines is 1. The van der Waals surface area contributed by atoms with Gasteiger partial charge in [0.15, 0.2) is 0 Å². The monoisotopic (exact) mass is 252 g/mol. The number of nitrogens with zero attached hydrogens (tertiary/aromatic N) is 3. The third kappa shape index (κ3) is 3.29. The van der Waals surface area contributed by atoms with E-state index in [0.29, 0.717) is 18.2 Å². The summed E-state index contributed by atoms with van der Waals surface area (Å²) in [6, 6.07) is 12.0. The Labute approximate surface area is 113 Å². The van der Waals surface area contributed by atoms with Gasteiger partial charge in [0.1, 0.15) is 11.8 Å². The van der Waals surface area contributed by atoms with Crippen LogP contribution in [-0.2, 0) is 13.0 Å². The highest BCUT2D eigenvalue weighted by atomic mass is 15.1. The summed E-state index contributed by atoms with van der Waals surface area (Å²) in [7, 11) is 0. The van der Waals surface area contributed by atoms with Gasteiger partial charge in [-0.25, -0.2) is 9.97 Å². The van der Waals surface area contributed by atoms with Crippen LogP contribution in [-0.4, -0.2) is 9.97 Å². The maximum atomic E-state index is 8.89. The van der Waals surface area contributed by atoms with Crippen molar-refractivity contribution in [3.63, 3.8) is 0 Å². The quantitative estimate of drug-likeness (QED) is 0.908. The maximum Gasteiger partial charge on any atom is 0.224 e. The third-order valence-corrected chi connectivity index (χ3v) is 2.91. The van der Waals surface area contributed by atoms with Gasteiger partial charge in [0.2, 0.25) is 5.95 Å².